The molecule has 7 heteroatoms. The highest BCUT2D eigenvalue weighted by atomic mass is 16.5. The monoisotopic (exact) mass is 363 g/mol. The molecule has 7 nitrogen and oxygen atoms in total. The lowest BCUT2D eigenvalue weighted by molar-refractivity contribution is -0.130. The van der Waals surface area contributed by atoms with Gasteiger partial charge in [0, 0.05) is 59.2 Å². The van der Waals surface area contributed by atoms with Crippen LogP contribution in [0.3, 0.4) is 0 Å². The average Bonchev–Trinajstić information content (AvgIpc) is 3.27. The van der Waals surface area contributed by atoms with Crippen molar-refractivity contribution in [1.82, 2.24) is 14.8 Å². The van der Waals surface area contributed by atoms with Crippen LogP contribution in [0, 0.1) is 5.92 Å². The summed E-state index contributed by atoms with van der Waals surface area (Å²) in [6, 6.07) is 3.70. The summed E-state index contributed by atoms with van der Waals surface area (Å²) in [5.74, 6) is 0.0930. The normalized spacial score (nSPS) is 24.0. The Morgan fingerprint density at radius 1 is 1.38 bits per heavy atom. The van der Waals surface area contributed by atoms with E-state index in [1.54, 1.807) is 7.11 Å². The zero-order chi connectivity index (χ0) is 18.6. The predicted molar refractivity (Wildman–Crippen MR) is 96.8 cm³/mol. The van der Waals surface area contributed by atoms with Crippen molar-refractivity contribution in [3.8, 4) is 0 Å². The number of aromatic nitrogens is 1. The molecule has 2 aliphatic heterocycles. The smallest absolute Gasteiger partial charge is 0.270 e. The molecule has 2 fully saturated rings. The Labute approximate surface area is 154 Å². The van der Waals surface area contributed by atoms with E-state index in [1.807, 2.05) is 34.8 Å². The van der Waals surface area contributed by atoms with Gasteiger partial charge in [-0.25, -0.2) is 0 Å². The Morgan fingerprint density at radius 3 is 2.81 bits per heavy atom. The van der Waals surface area contributed by atoms with Crippen LogP contribution in [0.2, 0.25) is 0 Å². The Kier molecular flexibility index (Phi) is 5.98. The number of hydrogen-bond acceptors (Lipinski definition) is 4. The fraction of sp³-hybridized carbons (Fsp3) is 0.684. The fourth-order valence-corrected chi connectivity index (χ4v) is 3.88. The zero-order valence-electron chi connectivity index (χ0n) is 15.7. The third kappa shape index (κ3) is 4.10. The van der Waals surface area contributed by atoms with Gasteiger partial charge in [0.25, 0.3) is 5.91 Å². The van der Waals surface area contributed by atoms with Gasteiger partial charge in [-0.3, -0.25) is 9.59 Å². The van der Waals surface area contributed by atoms with E-state index in [0.29, 0.717) is 45.0 Å². The molecule has 0 saturated carbocycles. The molecule has 0 aromatic carbocycles. The number of hydrogen-bond donors (Lipinski definition) is 1. The second-order valence-electron chi connectivity index (χ2n) is 7.38. The summed E-state index contributed by atoms with van der Waals surface area (Å²) in [4.78, 5) is 27.4. The number of methoxy groups -OCH3 is 1. The van der Waals surface area contributed by atoms with Crippen LogP contribution in [0.1, 0.15) is 36.2 Å². The van der Waals surface area contributed by atoms with E-state index < -0.39 is 5.54 Å². The second kappa shape index (κ2) is 8.22. The van der Waals surface area contributed by atoms with E-state index in [2.05, 4.69) is 5.32 Å². The number of rotatable bonds is 6. The molecule has 144 valence electrons. The molecule has 0 spiro atoms. The van der Waals surface area contributed by atoms with E-state index in [1.165, 1.54) is 0 Å². The van der Waals surface area contributed by atoms with Crippen LogP contribution in [0.5, 0.6) is 0 Å². The minimum absolute atomic E-state index is 0.000736. The molecule has 1 N–H and O–H groups in total. The quantitative estimate of drug-likeness (QED) is 0.824. The van der Waals surface area contributed by atoms with Gasteiger partial charge in [0.15, 0.2) is 0 Å². The molecule has 2 aliphatic rings. The van der Waals surface area contributed by atoms with E-state index in [-0.39, 0.29) is 17.7 Å². The topological polar surface area (TPSA) is 72.8 Å². The number of nitrogens with zero attached hydrogens (tertiary/aromatic N) is 2. The largest absolute Gasteiger partial charge is 0.385 e. The highest BCUT2D eigenvalue weighted by Crippen LogP contribution is 2.28. The summed E-state index contributed by atoms with van der Waals surface area (Å²) in [6.45, 7) is 3.00. The first-order valence-electron chi connectivity index (χ1n) is 9.34. The number of carbonyl (C=O) groups is 2. The summed E-state index contributed by atoms with van der Waals surface area (Å²) in [5, 5.41) is 3.27. The molecule has 0 aliphatic carbocycles. The van der Waals surface area contributed by atoms with Gasteiger partial charge in [-0.2, -0.15) is 0 Å². The van der Waals surface area contributed by atoms with Crippen molar-refractivity contribution >= 4 is 11.8 Å². The number of nitrogens with one attached hydrogen (secondary N) is 1. The number of likely N-dealkylation sites (tertiary alicyclic amines) is 1. The molecule has 0 radical (unpaired) electrons. The lowest BCUT2D eigenvalue weighted by atomic mass is 9.91. The van der Waals surface area contributed by atoms with Crippen molar-refractivity contribution in [1.29, 1.82) is 0 Å². The fourth-order valence-electron chi connectivity index (χ4n) is 3.88. The SMILES string of the molecule is COCCC1(NC(=O)C2CCOCC2)CCN(C(=O)c2cccn2C)C1. The number of amides is 2. The van der Waals surface area contributed by atoms with Crippen molar-refractivity contribution in [2.24, 2.45) is 13.0 Å². The molecular formula is C19H29N3O4. The number of carbonyl (C=O) groups excluding carboxylic acids is 2. The van der Waals surface area contributed by atoms with Gasteiger partial charge in [0.2, 0.25) is 5.91 Å². The van der Waals surface area contributed by atoms with Crippen LogP contribution in [0.25, 0.3) is 0 Å². The summed E-state index contributed by atoms with van der Waals surface area (Å²) in [5.41, 5.74) is 0.259. The number of ether oxygens (including phenoxy) is 2. The highest BCUT2D eigenvalue weighted by molar-refractivity contribution is 5.93. The van der Waals surface area contributed by atoms with E-state index in [9.17, 15) is 9.59 Å². The van der Waals surface area contributed by atoms with Crippen molar-refractivity contribution < 1.29 is 19.1 Å². The first kappa shape index (κ1) is 18.9. The first-order chi connectivity index (χ1) is 12.5. The lowest BCUT2D eigenvalue weighted by Crippen LogP contribution is -2.53. The molecular weight excluding hydrogens is 334 g/mol. The molecule has 2 saturated heterocycles. The Hall–Kier alpha value is -1.86. The minimum atomic E-state index is -0.410. The molecule has 26 heavy (non-hydrogen) atoms. The van der Waals surface area contributed by atoms with Crippen molar-refractivity contribution in [3.05, 3.63) is 24.0 Å². The van der Waals surface area contributed by atoms with Crippen LogP contribution in [-0.4, -0.2) is 66.8 Å². The molecule has 0 bridgehead atoms. The molecule has 3 rings (SSSR count). The van der Waals surface area contributed by atoms with Crippen LogP contribution in [0.4, 0.5) is 0 Å². The van der Waals surface area contributed by atoms with Gasteiger partial charge in [-0.05, 0) is 37.8 Å². The Morgan fingerprint density at radius 2 is 2.15 bits per heavy atom. The molecule has 2 amide bonds. The van der Waals surface area contributed by atoms with E-state index in [4.69, 9.17) is 9.47 Å². The van der Waals surface area contributed by atoms with Gasteiger partial charge in [-0.1, -0.05) is 0 Å². The summed E-state index contributed by atoms with van der Waals surface area (Å²) < 4.78 is 12.5. The molecule has 1 unspecified atom stereocenters. The maximum atomic E-state index is 12.8. The van der Waals surface area contributed by atoms with Crippen LogP contribution in [-0.2, 0) is 21.3 Å². The summed E-state index contributed by atoms with van der Waals surface area (Å²) >= 11 is 0. The molecule has 1 aromatic heterocycles. The van der Waals surface area contributed by atoms with Gasteiger partial charge in [-0.15, -0.1) is 0 Å². The van der Waals surface area contributed by atoms with Gasteiger partial charge in [0.05, 0.1) is 5.54 Å². The first-order valence-corrected chi connectivity index (χ1v) is 9.34. The van der Waals surface area contributed by atoms with Crippen molar-refractivity contribution in [2.45, 2.75) is 31.2 Å². The predicted octanol–water partition coefficient (Wildman–Crippen LogP) is 1.19. The Bertz CT molecular complexity index is 638. The molecule has 1 atom stereocenters. The van der Waals surface area contributed by atoms with E-state index in [0.717, 1.165) is 19.3 Å². The van der Waals surface area contributed by atoms with E-state index >= 15 is 0 Å². The van der Waals surface area contributed by atoms with Gasteiger partial charge >= 0.3 is 0 Å². The highest BCUT2D eigenvalue weighted by Gasteiger charge is 2.42. The van der Waals surface area contributed by atoms with Crippen molar-refractivity contribution in [2.75, 3.05) is 40.0 Å². The molecule has 1 aromatic rings. The van der Waals surface area contributed by atoms with Crippen LogP contribution < -0.4 is 5.32 Å². The van der Waals surface area contributed by atoms with Gasteiger partial charge in [0.1, 0.15) is 5.69 Å². The molecule has 3 heterocycles. The average molecular weight is 363 g/mol. The van der Waals surface area contributed by atoms with Crippen LogP contribution >= 0.6 is 0 Å². The standard InChI is InChI=1S/C19H29N3O4/c1-21-9-3-4-16(21)18(24)22-10-7-19(14-22,8-13-25-2)20-17(23)15-5-11-26-12-6-15/h3-4,9,15H,5-8,10-14H2,1-2H3,(H,20,23). The summed E-state index contributed by atoms with van der Waals surface area (Å²) in [7, 11) is 3.53. The summed E-state index contributed by atoms with van der Waals surface area (Å²) in [6.07, 6.45) is 4.85. The second-order valence-corrected chi connectivity index (χ2v) is 7.38. The van der Waals surface area contributed by atoms with Gasteiger partial charge < -0.3 is 24.3 Å². The number of aryl methyl sites for hydroxylation is 1. The maximum Gasteiger partial charge on any atom is 0.270 e. The minimum Gasteiger partial charge on any atom is -0.385 e. The maximum absolute atomic E-state index is 12.8. The third-order valence-corrected chi connectivity index (χ3v) is 5.57. The zero-order valence-corrected chi connectivity index (χ0v) is 15.7. The van der Waals surface area contributed by atoms with Crippen LogP contribution in [0.15, 0.2) is 18.3 Å². The third-order valence-electron chi connectivity index (χ3n) is 5.57. The lowest BCUT2D eigenvalue weighted by Gasteiger charge is -2.33. The van der Waals surface area contributed by atoms with Crippen molar-refractivity contribution in [3.63, 3.8) is 0 Å². The Balaban J connectivity index is 1.69.